The van der Waals surface area contributed by atoms with E-state index in [0.717, 1.165) is 25.3 Å². The maximum absolute atomic E-state index is 6.18. The molecule has 0 aliphatic heterocycles. The molecule has 1 aromatic heterocycles. The van der Waals surface area contributed by atoms with E-state index in [0.29, 0.717) is 27.4 Å². The van der Waals surface area contributed by atoms with Gasteiger partial charge in [0.25, 0.3) is 0 Å². The zero-order chi connectivity index (χ0) is 16.8. The van der Waals surface area contributed by atoms with E-state index in [9.17, 15) is 0 Å². The number of rotatable bonds is 7. The second-order valence-corrected chi connectivity index (χ2v) is 6.31. The van der Waals surface area contributed by atoms with Crippen molar-refractivity contribution in [2.75, 3.05) is 37.8 Å². The van der Waals surface area contributed by atoms with Crippen LogP contribution in [0.1, 0.15) is 12.2 Å². The maximum Gasteiger partial charge on any atom is 0.136 e. The Bertz CT molecular complexity index is 641. The molecule has 0 aliphatic rings. The van der Waals surface area contributed by atoms with E-state index >= 15 is 0 Å². The maximum atomic E-state index is 6.18. The predicted octanol–water partition coefficient (Wildman–Crippen LogP) is 4.20. The van der Waals surface area contributed by atoms with Gasteiger partial charge < -0.3 is 15.5 Å². The van der Waals surface area contributed by atoms with Crippen LogP contribution >= 0.6 is 23.2 Å². The molecule has 0 fully saturated rings. The Labute approximate surface area is 147 Å². The van der Waals surface area contributed by atoms with E-state index in [1.807, 2.05) is 13.0 Å². The van der Waals surface area contributed by atoms with Crippen LogP contribution in [0.5, 0.6) is 0 Å². The van der Waals surface area contributed by atoms with Gasteiger partial charge in [0.05, 0.1) is 15.7 Å². The predicted molar refractivity (Wildman–Crippen MR) is 98.2 cm³/mol. The standard InChI is InChI=1S/C16H21Cl2N5/c1-11-20-14(19-8-5-9-23(2)3)10-15(21-11)22-16-12(17)6-4-7-13(16)18/h4,6-7,10H,5,8-9H2,1-3H3,(H2,19,20,21,22). The molecular weight excluding hydrogens is 333 g/mol. The van der Waals surface area contributed by atoms with E-state index in [1.165, 1.54) is 0 Å². The molecule has 0 spiro atoms. The molecule has 2 N–H and O–H groups in total. The molecule has 0 bridgehead atoms. The smallest absolute Gasteiger partial charge is 0.136 e. The quantitative estimate of drug-likeness (QED) is 0.730. The fourth-order valence-electron chi connectivity index (χ4n) is 2.08. The lowest BCUT2D eigenvalue weighted by Crippen LogP contribution is -2.16. The number of hydrogen-bond acceptors (Lipinski definition) is 5. The Morgan fingerprint density at radius 2 is 1.74 bits per heavy atom. The van der Waals surface area contributed by atoms with Crippen LogP contribution in [0.4, 0.5) is 17.3 Å². The Balaban J connectivity index is 2.08. The fraction of sp³-hybridized carbons (Fsp3) is 0.375. The number of benzene rings is 1. The molecule has 2 aromatic rings. The molecule has 0 aliphatic carbocycles. The van der Waals surface area contributed by atoms with Gasteiger partial charge in [0.1, 0.15) is 17.5 Å². The summed E-state index contributed by atoms with van der Waals surface area (Å²) in [7, 11) is 4.12. The van der Waals surface area contributed by atoms with Crippen LogP contribution in [-0.2, 0) is 0 Å². The van der Waals surface area contributed by atoms with Crippen LogP contribution < -0.4 is 10.6 Å². The summed E-state index contributed by atoms with van der Waals surface area (Å²) >= 11 is 12.4. The second kappa shape index (κ2) is 8.34. The Kier molecular flexibility index (Phi) is 6.45. The third-order valence-corrected chi connectivity index (χ3v) is 3.77. The fourth-order valence-corrected chi connectivity index (χ4v) is 2.57. The van der Waals surface area contributed by atoms with Gasteiger partial charge in [-0.25, -0.2) is 9.97 Å². The summed E-state index contributed by atoms with van der Waals surface area (Å²) in [5.74, 6) is 2.11. The minimum Gasteiger partial charge on any atom is -0.370 e. The molecule has 0 amide bonds. The molecule has 0 saturated heterocycles. The van der Waals surface area contributed by atoms with Gasteiger partial charge in [-0.05, 0) is 46.1 Å². The minimum absolute atomic E-state index is 0.550. The summed E-state index contributed by atoms with van der Waals surface area (Å²) in [5, 5.41) is 7.58. The summed E-state index contributed by atoms with van der Waals surface area (Å²) < 4.78 is 0. The number of aromatic nitrogens is 2. The van der Waals surface area contributed by atoms with Gasteiger partial charge in [0.2, 0.25) is 0 Å². The van der Waals surface area contributed by atoms with Crippen molar-refractivity contribution in [1.29, 1.82) is 0 Å². The van der Waals surface area contributed by atoms with Gasteiger partial charge in [0.15, 0.2) is 0 Å². The van der Waals surface area contributed by atoms with Crippen molar-refractivity contribution in [2.24, 2.45) is 0 Å². The van der Waals surface area contributed by atoms with Gasteiger partial charge in [0, 0.05) is 12.6 Å². The average Bonchev–Trinajstić information content (AvgIpc) is 2.47. The number of anilines is 3. The first-order valence-electron chi connectivity index (χ1n) is 7.41. The molecule has 0 radical (unpaired) electrons. The van der Waals surface area contributed by atoms with E-state index in [2.05, 4.69) is 39.6 Å². The molecule has 0 atom stereocenters. The molecule has 1 aromatic carbocycles. The van der Waals surface area contributed by atoms with Crippen LogP contribution in [0.15, 0.2) is 24.3 Å². The van der Waals surface area contributed by atoms with Crippen molar-refractivity contribution < 1.29 is 0 Å². The third kappa shape index (κ3) is 5.53. The van der Waals surface area contributed by atoms with Crippen molar-refractivity contribution in [3.63, 3.8) is 0 Å². The number of nitrogens with zero attached hydrogens (tertiary/aromatic N) is 3. The molecule has 0 saturated carbocycles. The molecule has 5 nitrogen and oxygen atoms in total. The van der Waals surface area contributed by atoms with Crippen molar-refractivity contribution in [3.05, 3.63) is 40.1 Å². The van der Waals surface area contributed by atoms with Crippen molar-refractivity contribution in [1.82, 2.24) is 14.9 Å². The number of aryl methyl sites for hydroxylation is 1. The highest BCUT2D eigenvalue weighted by atomic mass is 35.5. The molecule has 7 heteroatoms. The minimum atomic E-state index is 0.550. The molecule has 0 unspecified atom stereocenters. The van der Waals surface area contributed by atoms with Crippen LogP contribution in [0, 0.1) is 6.92 Å². The second-order valence-electron chi connectivity index (χ2n) is 5.49. The van der Waals surface area contributed by atoms with E-state index in [4.69, 9.17) is 23.2 Å². The summed E-state index contributed by atoms with van der Waals surface area (Å²) in [4.78, 5) is 10.9. The van der Waals surface area contributed by atoms with Crippen molar-refractivity contribution >= 4 is 40.5 Å². The first-order valence-corrected chi connectivity index (χ1v) is 8.16. The first-order chi connectivity index (χ1) is 11.0. The van der Waals surface area contributed by atoms with Crippen LogP contribution in [-0.4, -0.2) is 42.1 Å². The SMILES string of the molecule is Cc1nc(NCCCN(C)C)cc(Nc2c(Cl)cccc2Cl)n1. The van der Waals surface area contributed by atoms with Crippen LogP contribution in [0.2, 0.25) is 10.0 Å². The van der Waals surface area contributed by atoms with Gasteiger partial charge in [-0.15, -0.1) is 0 Å². The lowest BCUT2D eigenvalue weighted by Gasteiger charge is -2.13. The number of hydrogen-bond donors (Lipinski definition) is 2. The topological polar surface area (TPSA) is 53.1 Å². The number of para-hydroxylation sites is 1. The molecule has 124 valence electrons. The normalized spacial score (nSPS) is 10.9. The monoisotopic (exact) mass is 353 g/mol. The highest BCUT2D eigenvalue weighted by Crippen LogP contribution is 2.32. The average molecular weight is 354 g/mol. The third-order valence-electron chi connectivity index (χ3n) is 3.14. The first kappa shape index (κ1) is 17.8. The van der Waals surface area contributed by atoms with Gasteiger partial charge >= 0.3 is 0 Å². The van der Waals surface area contributed by atoms with Crippen LogP contribution in [0.3, 0.4) is 0 Å². The zero-order valence-corrected chi connectivity index (χ0v) is 15.0. The highest BCUT2D eigenvalue weighted by molar-refractivity contribution is 6.39. The Morgan fingerprint density at radius 1 is 1.09 bits per heavy atom. The summed E-state index contributed by atoms with van der Waals surface area (Å²) in [6.07, 6.45) is 1.04. The highest BCUT2D eigenvalue weighted by Gasteiger charge is 2.08. The van der Waals surface area contributed by atoms with Crippen molar-refractivity contribution in [3.8, 4) is 0 Å². The number of nitrogens with one attached hydrogen (secondary N) is 2. The molecule has 2 rings (SSSR count). The number of halogens is 2. The summed E-state index contributed by atoms with van der Waals surface area (Å²) in [5.41, 5.74) is 0.646. The largest absolute Gasteiger partial charge is 0.370 e. The Hall–Kier alpha value is -1.56. The van der Waals surface area contributed by atoms with E-state index < -0.39 is 0 Å². The van der Waals surface area contributed by atoms with Crippen LogP contribution in [0.25, 0.3) is 0 Å². The zero-order valence-electron chi connectivity index (χ0n) is 13.5. The lowest BCUT2D eigenvalue weighted by atomic mass is 10.3. The summed E-state index contributed by atoms with van der Waals surface area (Å²) in [6, 6.07) is 7.22. The molecular formula is C16H21Cl2N5. The Morgan fingerprint density at radius 3 is 2.39 bits per heavy atom. The molecule has 1 heterocycles. The van der Waals surface area contributed by atoms with Gasteiger partial charge in [-0.2, -0.15) is 0 Å². The summed E-state index contributed by atoms with van der Waals surface area (Å²) in [6.45, 7) is 3.72. The van der Waals surface area contributed by atoms with Gasteiger partial charge in [-0.3, -0.25) is 0 Å². The molecule has 23 heavy (non-hydrogen) atoms. The van der Waals surface area contributed by atoms with E-state index in [1.54, 1.807) is 18.2 Å². The van der Waals surface area contributed by atoms with Gasteiger partial charge in [-0.1, -0.05) is 29.3 Å². The van der Waals surface area contributed by atoms with E-state index in [-0.39, 0.29) is 0 Å². The van der Waals surface area contributed by atoms with Crippen molar-refractivity contribution in [2.45, 2.75) is 13.3 Å². The lowest BCUT2D eigenvalue weighted by molar-refractivity contribution is 0.405.